The molecule has 2 aromatic rings. The first kappa shape index (κ1) is 18.2. The van der Waals surface area contributed by atoms with Gasteiger partial charge in [0.1, 0.15) is 17.9 Å². The van der Waals surface area contributed by atoms with Crippen LogP contribution in [0.25, 0.3) is 0 Å². The number of carbonyl (C=O) groups excluding carboxylic acids is 2. The van der Waals surface area contributed by atoms with E-state index in [1.54, 1.807) is 43.5 Å². The first-order valence-corrected chi connectivity index (χ1v) is 8.71. The fraction of sp³-hybridized carbons (Fsp3) is 0.238. The van der Waals surface area contributed by atoms with Gasteiger partial charge in [-0.1, -0.05) is 36.4 Å². The number of methoxy groups -OCH3 is 1. The summed E-state index contributed by atoms with van der Waals surface area (Å²) in [6.45, 7) is 1.45. The summed E-state index contributed by atoms with van der Waals surface area (Å²) in [7, 11) is 1.55. The summed E-state index contributed by atoms with van der Waals surface area (Å²) in [5, 5.41) is 25.0. The third kappa shape index (κ3) is 2.30. The average Bonchev–Trinajstić information content (AvgIpc) is 3.01. The SMILES string of the molecule is COc1ccc(COC(=O)C2=C(C)NC3(O)c4ccccc4C(=O)C23O)cc1. The van der Waals surface area contributed by atoms with E-state index in [1.807, 2.05) is 0 Å². The lowest BCUT2D eigenvalue weighted by molar-refractivity contribution is -0.148. The van der Waals surface area contributed by atoms with Crippen molar-refractivity contribution in [2.24, 2.45) is 0 Å². The molecule has 2 aliphatic rings. The molecule has 2 aromatic carbocycles. The molecule has 144 valence electrons. The van der Waals surface area contributed by atoms with Crippen LogP contribution in [0.15, 0.2) is 59.8 Å². The van der Waals surface area contributed by atoms with Gasteiger partial charge in [0.15, 0.2) is 0 Å². The van der Waals surface area contributed by atoms with E-state index >= 15 is 0 Å². The number of ether oxygens (including phenoxy) is 2. The molecule has 0 radical (unpaired) electrons. The highest BCUT2D eigenvalue weighted by atomic mass is 16.5. The number of aliphatic hydroxyl groups is 2. The van der Waals surface area contributed by atoms with Gasteiger partial charge in [0.2, 0.25) is 17.1 Å². The highest BCUT2D eigenvalue weighted by Crippen LogP contribution is 2.51. The maximum atomic E-state index is 12.9. The molecule has 1 aliphatic heterocycles. The molecule has 4 rings (SSSR count). The number of hydrogen-bond donors (Lipinski definition) is 3. The molecule has 28 heavy (non-hydrogen) atoms. The number of benzene rings is 2. The lowest BCUT2D eigenvalue weighted by Gasteiger charge is -2.31. The first-order valence-electron chi connectivity index (χ1n) is 8.71. The van der Waals surface area contributed by atoms with Gasteiger partial charge in [0, 0.05) is 16.8 Å². The highest BCUT2D eigenvalue weighted by Gasteiger charge is 2.70. The number of allylic oxidation sites excluding steroid dienone is 1. The Balaban J connectivity index is 1.62. The van der Waals surface area contributed by atoms with Gasteiger partial charge in [-0.25, -0.2) is 4.79 Å². The van der Waals surface area contributed by atoms with Crippen LogP contribution in [-0.4, -0.2) is 34.7 Å². The van der Waals surface area contributed by atoms with Crippen LogP contribution < -0.4 is 10.1 Å². The fourth-order valence-electron chi connectivity index (χ4n) is 3.85. The van der Waals surface area contributed by atoms with Crippen molar-refractivity contribution < 1.29 is 29.3 Å². The Kier molecular flexibility index (Phi) is 4.02. The van der Waals surface area contributed by atoms with E-state index in [4.69, 9.17) is 9.47 Å². The minimum absolute atomic E-state index is 0.0603. The van der Waals surface area contributed by atoms with Gasteiger partial charge in [-0.3, -0.25) is 4.79 Å². The van der Waals surface area contributed by atoms with E-state index in [-0.39, 0.29) is 29.0 Å². The second kappa shape index (κ2) is 6.19. The zero-order chi connectivity index (χ0) is 20.1. The van der Waals surface area contributed by atoms with Crippen LogP contribution in [0.2, 0.25) is 0 Å². The van der Waals surface area contributed by atoms with E-state index in [9.17, 15) is 19.8 Å². The number of Topliss-reactive ketones (excluding diaryl/α,β-unsaturated/α-hetero) is 1. The van der Waals surface area contributed by atoms with Crippen molar-refractivity contribution in [2.45, 2.75) is 24.9 Å². The van der Waals surface area contributed by atoms with Crippen molar-refractivity contribution in [3.63, 3.8) is 0 Å². The smallest absolute Gasteiger partial charge is 0.339 e. The average molecular weight is 381 g/mol. The summed E-state index contributed by atoms with van der Waals surface area (Å²) >= 11 is 0. The monoisotopic (exact) mass is 381 g/mol. The molecule has 7 heteroatoms. The molecule has 0 bridgehead atoms. The number of hydrogen-bond acceptors (Lipinski definition) is 7. The van der Waals surface area contributed by atoms with E-state index < -0.39 is 23.1 Å². The molecule has 0 fully saturated rings. The van der Waals surface area contributed by atoms with Gasteiger partial charge in [-0.15, -0.1) is 0 Å². The van der Waals surface area contributed by atoms with Crippen LogP contribution in [0.1, 0.15) is 28.4 Å². The Bertz CT molecular complexity index is 1010. The predicted octanol–water partition coefficient (Wildman–Crippen LogP) is 1.39. The third-order valence-electron chi connectivity index (χ3n) is 5.25. The topological polar surface area (TPSA) is 105 Å². The number of rotatable bonds is 4. The minimum atomic E-state index is -2.45. The van der Waals surface area contributed by atoms with Crippen LogP contribution in [0.5, 0.6) is 5.75 Å². The highest BCUT2D eigenvalue weighted by molar-refractivity contribution is 6.16. The van der Waals surface area contributed by atoms with E-state index in [2.05, 4.69) is 5.32 Å². The van der Waals surface area contributed by atoms with Crippen molar-refractivity contribution >= 4 is 11.8 Å². The third-order valence-corrected chi connectivity index (χ3v) is 5.25. The Morgan fingerprint density at radius 2 is 1.79 bits per heavy atom. The molecule has 2 unspecified atom stereocenters. The number of ketones is 1. The van der Waals surface area contributed by atoms with Crippen molar-refractivity contribution in [3.05, 3.63) is 76.5 Å². The van der Waals surface area contributed by atoms with Gasteiger partial charge in [0.05, 0.1) is 7.11 Å². The molecular weight excluding hydrogens is 362 g/mol. The maximum absolute atomic E-state index is 12.9. The van der Waals surface area contributed by atoms with Gasteiger partial charge in [-0.05, 0) is 24.6 Å². The first-order chi connectivity index (χ1) is 13.3. The van der Waals surface area contributed by atoms with Crippen molar-refractivity contribution in [1.29, 1.82) is 0 Å². The van der Waals surface area contributed by atoms with Crippen LogP contribution in [0, 0.1) is 0 Å². The second-order valence-corrected chi connectivity index (χ2v) is 6.84. The Morgan fingerprint density at radius 3 is 2.46 bits per heavy atom. The second-order valence-electron chi connectivity index (χ2n) is 6.84. The molecule has 0 aromatic heterocycles. The summed E-state index contributed by atoms with van der Waals surface area (Å²) in [5.41, 5.74) is -3.57. The van der Waals surface area contributed by atoms with E-state index in [0.717, 1.165) is 0 Å². The van der Waals surface area contributed by atoms with Crippen LogP contribution in [-0.2, 0) is 21.9 Å². The molecule has 1 heterocycles. The minimum Gasteiger partial charge on any atom is -0.497 e. The Morgan fingerprint density at radius 1 is 1.11 bits per heavy atom. The number of fused-ring (bicyclic) bond motifs is 3. The molecule has 0 saturated heterocycles. The fourth-order valence-corrected chi connectivity index (χ4v) is 3.85. The van der Waals surface area contributed by atoms with Crippen molar-refractivity contribution in [3.8, 4) is 5.75 Å². The lowest BCUT2D eigenvalue weighted by atomic mass is 9.85. The summed E-state index contributed by atoms with van der Waals surface area (Å²) < 4.78 is 10.4. The largest absolute Gasteiger partial charge is 0.497 e. The van der Waals surface area contributed by atoms with E-state index in [1.165, 1.54) is 19.1 Å². The molecule has 3 N–H and O–H groups in total. The number of carbonyl (C=O) groups is 2. The molecule has 7 nitrogen and oxygen atoms in total. The zero-order valence-corrected chi connectivity index (χ0v) is 15.4. The summed E-state index contributed by atoms with van der Waals surface area (Å²) in [6, 6.07) is 13.3. The zero-order valence-electron chi connectivity index (χ0n) is 15.4. The summed E-state index contributed by atoms with van der Waals surface area (Å²) in [6.07, 6.45) is 0. The molecule has 0 amide bonds. The number of nitrogens with one attached hydrogen (secondary N) is 1. The van der Waals surface area contributed by atoms with Gasteiger partial charge < -0.3 is 25.0 Å². The summed E-state index contributed by atoms with van der Waals surface area (Å²) in [4.78, 5) is 25.7. The molecular formula is C21H19NO6. The van der Waals surface area contributed by atoms with E-state index in [0.29, 0.717) is 11.3 Å². The van der Waals surface area contributed by atoms with Gasteiger partial charge >= 0.3 is 5.97 Å². The Hall–Kier alpha value is -3.16. The van der Waals surface area contributed by atoms with Crippen LogP contribution in [0.3, 0.4) is 0 Å². The van der Waals surface area contributed by atoms with Gasteiger partial charge in [-0.2, -0.15) is 0 Å². The normalized spacial score (nSPS) is 25.2. The lowest BCUT2D eigenvalue weighted by Crippen LogP contribution is -2.56. The van der Waals surface area contributed by atoms with Crippen LogP contribution in [0.4, 0.5) is 0 Å². The van der Waals surface area contributed by atoms with Crippen molar-refractivity contribution in [2.75, 3.05) is 7.11 Å². The van der Waals surface area contributed by atoms with Gasteiger partial charge in [0.25, 0.3) is 0 Å². The standard InChI is InChI=1S/C21H19NO6/c1-12-17(19(24)28-11-13-7-9-14(27-2)10-8-13)20(25)18(23)15-5-3-4-6-16(15)21(20,26)22-12/h3-10,22,25-26H,11H2,1-2H3. The molecule has 0 spiro atoms. The molecule has 1 aliphatic carbocycles. The quantitative estimate of drug-likeness (QED) is 0.688. The summed E-state index contributed by atoms with van der Waals surface area (Å²) in [5.74, 6) is -0.950. The van der Waals surface area contributed by atoms with Crippen molar-refractivity contribution in [1.82, 2.24) is 5.32 Å². The predicted molar refractivity (Wildman–Crippen MR) is 98.2 cm³/mol. The molecule has 2 atom stereocenters. The molecule has 0 saturated carbocycles. The number of esters is 1. The van der Waals surface area contributed by atoms with Crippen LogP contribution >= 0.6 is 0 Å². The maximum Gasteiger partial charge on any atom is 0.339 e. The Labute approximate surface area is 161 Å².